The summed E-state index contributed by atoms with van der Waals surface area (Å²) >= 11 is 0. The highest BCUT2D eigenvalue weighted by molar-refractivity contribution is 7.89. The topological polar surface area (TPSA) is 54.2 Å². The van der Waals surface area contributed by atoms with Crippen LogP contribution in [-0.4, -0.2) is 31.1 Å². The Labute approximate surface area is 145 Å². The molecule has 24 heavy (non-hydrogen) atoms. The van der Waals surface area contributed by atoms with E-state index in [0.29, 0.717) is 13.0 Å². The van der Waals surface area contributed by atoms with Crippen molar-refractivity contribution in [1.29, 1.82) is 0 Å². The summed E-state index contributed by atoms with van der Waals surface area (Å²) in [5.41, 5.74) is 0.197. The number of nitrogens with zero attached hydrogens (tertiary/aromatic N) is 1. The second-order valence-corrected chi connectivity index (χ2v) is 8.50. The van der Waals surface area contributed by atoms with Gasteiger partial charge in [0.05, 0.1) is 4.90 Å². The Morgan fingerprint density at radius 2 is 1.75 bits per heavy atom. The number of rotatable bonds is 11. The molecule has 0 aliphatic carbocycles. The molecule has 2 rings (SSSR count). The first-order chi connectivity index (χ1) is 11.5. The lowest BCUT2D eigenvalue weighted by Crippen LogP contribution is -2.25. The van der Waals surface area contributed by atoms with Crippen LogP contribution in [0.5, 0.6) is 0 Å². The second-order valence-electron chi connectivity index (χ2n) is 6.64. The summed E-state index contributed by atoms with van der Waals surface area (Å²) in [6, 6.07) is 6.78. The van der Waals surface area contributed by atoms with Crippen molar-refractivity contribution in [1.82, 2.24) is 4.31 Å². The summed E-state index contributed by atoms with van der Waals surface area (Å²) in [5, 5.41) is 0. The molecule has 5 heteroatoms. The fraction of sp³-hybridized carbons (Fsp3) is 0.526. The molecule has 0 radical (unpaired) electrons. The van der Waals surface area contributed by atoms with E-state index in [1.807, 2.05) is 13.0 Å². The van der Waals surface area contributed by atoms with Gasteiger partial charge in [-0.25, -0.2) is 8.42 Å². The van der Waals surface area contributed by atoms with Gasteiger partial charge < -0.3 is 4.79 Å². The predicted octanol–water partition coefficient (Wildman–Crippen LogP) is 3.85. The molecule has 1 saturated heterocycles. The Morgan fingerprint density at radius 1 is 1.12 bits per heavy atom. The predicted molar refractivity (Wildman–Crippen MR) is 96.4 cm³/mol. The highest BCUT2D eigenvalue weighted by Crippen LogP contribution is 2.41. The van der Waals surface area contributed by atoms with Crippen LogP contribution in [0, 0.1) is 6.92 Å². The van der Waals surface area contributed by atoms with Gasteiger partial charge in [0.25, 0.3) is 0 Å². The Morgan fingerprint density at radius 3 is 2.38 bits per heavy atom. The Balaban J connectivity index is 1.88. The van der Waals surface area contributed by atoms with Crippen LogP contribution in [0.4, 0.5) is 0 Å². The fourth-order valence-electron chi connectivity index (χ4n) is 2.98. The van der Waals surface area contributed by atoms with Crippen LogP contribution in [0.15, 0.2) is 41.8 Å². The summed E-state index contributed by atoms with van der Waals surface area (Å²) in [6.07, 6.45) is 9.74. The van der Waals surface area contributed by atoms with E-state index in [0.717, 1.165) is 50.4 Å². The van der Waals surface area contributed by atoms with Gasteiger partial charge in [-0.15, -0.1) is 6.58 Å². The molecule has 0 saturated carbocycles. The third-order valence-electron chi connectivity index (χ3n) is 4.66. The average molecular weight is 349 g/mol. The average Bonchev–Trinajstić information content (AvgIpc) is 3.31. The van der Waals surface area contributed by atoms with Crippen LogP contribution < -0.4 is 0 Å². The summed E-state index contributed by atoms with van der Waals surface area (Å²) < 4.78 is 26.6. The van der Waals surface area contributed by atoms with Gasteiger partial charge in [-0.1, -0.05) is 49.5 Å². The third kappa shape index (κ3) is 4.33. The van der Waals surface area contributed by atoms with Gasteiger partial charge in [0.15, 0.2) is 0 Å². The molecule has 1 aromatic rings. The number of sulfonamides is 1. The van der Waals surface area contributed by atoms with Crippen molar-refractivity contribution >= 4 is 16.3 Å². The van der Waals surface area contributed by atoms with E-state index in [1.54, 1.807) is 24.3 Å². The number of carbonyl (C=O) groups is 1. The maximum atomic E-state index is 12.6. The number of allylic oxidation sites excluding steroid dienone is 1. The van der Waals surface area contributed by atoms with Crippen molar-refractivity contribution in [2.24, 2.45) is 0 Å². The molecule has 0 N–H and O–H groups in total. The zero-order chi connectivity index (χ0) is 17.6. The maximum absolute atomic E-state index is 12.6. The maximum Gasteiger partial charge on any atom is 0.244 e. The Kier molecular flexibility index (Phi) is 6.35. The van der Waals surface area contributed by atoms with Crippen molar-refractivity contribution in [3.8, 4) is 0 Å². The molecule has 1 heterocycles. The first-order valence-corrected chi connectivity index (χ1v) is 10.1. The molecule has 0 amide bonds. The second kappa shape index (κ2) is 8.08. The SMILES string of the molecule is C=CCCCCCCC[C@@]1(C=O)CN1S(=O)(=O)c1ccc(C)cc1. The minimum atomic E-state index is -3.57. The van der Waals surface area contributed by atoms with Crippen molar-refractivity contribution < 1.29 is 13.2 Å². The molecule has 2 atom stereocenters. The number of hydrogen-bond acceptors (Lipinski definition) is 3. The summed E-state index contributed by atoms with van der Waals surface area (Å²) in [5.74, 6) is 0. The van der Waals surface area contributed by atoms with E-state index in [1.165, 1.54) is 4.31 Å². The molecular weight excluding hydrogens is 322 g/mol. The lowest BCUT2D eigenvalue weighted by Gasteiger charge is -2.12. The van der Waals surface area contributed by atoms with Gasteiger partial charge in [-0.05, 0) is 38.3 Å². The van der Waals surface area contributed by atoms with Gasteiger partial charge in [0.1, 0.15) is 11.8 Å². The largest absolute Gasteiger partial charge is 0.301 e. The number of aryl methyl sites for hydroxylation is 1. The smallest absolute Gasteiger partial charge is 0.244 e. The van der Waals surface area contributed by atoms with Crippen LogP contribution >= 0.6 is 0 Å². The third-order valence-corrected chi connectivity index (χ3v) is 6.60. The monoisotopic (exact) mass is 349 g/mol. The normalized spacial score (nSPS) is 23.0. The lowest BCUT2D eigenvalue weighted by atomic mass is 10.0. The van der Waals surface area contributed by atoms with Gasteiger partial charge in [0, 0.05) is 6.54 Å². The van der Waals surface area contributed by atoms with Crippen LogP contribution in [0.3, 0.4) is 0 Å². The minimum absolute atomic E-state index is 0.265. The molecular formula is C19H27NO3S. The van der Waals surface area contributed by atoms with Crippen molar-refractivity contribution in [3.05, 3.63) is 42.5 Å². The zero-order valence-corrected chi connectivity index (χ0v) is 15.2. The molecule has 1 aromatic carbocycles. The number of unbranched alkanes of at least 4 members (excludes halogenated alkanes) is 5. The quantitative estimate of drug-likeness (QED) is 0.264. The molecule has 1 aliphatic heterocycles. The standard InChI is InChI=1S/C19H27NO3S/c1-3-4-5-6-7-8-9-14-19(16-21)15-20(19)24(22,23)18-12-10-17(2)11-13-18/h3,10-13,16H,1,4-9,14-15H2,2H3/t19-,20?/m0/s1. The summed E-state index contributed by atoms with van der Waals surface area (Å²) in [7, 11) is -3.57. The molecule has 1 fully saturated rings. The summed E-state index contributed by atoms with van der Waals surface area (Å²) in [6.45, 7) is 5.93. The van der Waals surface area contributed by atoms with E-state index in [-0.39, 0.29) is 4.90 Å². The molecule has 0 bridgehead atoms. The Bertz CT molecular complexity index is 666. The van der Waals surface area contributed by atoms with Crippen molar-refractivity contribution in [2.45, 2.75) is 62.3 Å². The van der Waals surface area contributed by atoms with Crippen LogP contribution in [0.25, 0.3) is 0 Å². The van der Waals surface area contributed by atoms with E-state index in [9.17, 15) is 13.2 Å². The number of carbonyl (C=O) groups excluding carboxylic acids is 1. The fourth-order valence-corrected chi connectivity index (χ4v) is 4.73. The highest BCUT2D eigenvalue weighted by Gasteiger charge is 2.58. The first-order valence-electron chi connectivity index (χ1n) is 8.63. The van der Waals surface area contributed by atoms with E-state index >= 15 is 0 Å². The van der Waals surface area contributed by atoms with Crippen molar-refractivity contribution in [2.75, 3.05) is 6.54 Å². The number of aldehydes is 1. The number of benzene rings is 1. The highest BCUT2D eigenvalue weighted by atomic mass is 32.2. The van der Waals surface area contributed by atoms with Crippen molar-refractivity contribution in [3.63, 3.8) is 0 Å². The molecule has 0 aromatic heterocycles. The Hall–Kier alpha value is -1.46. The van der Waals surface area contributed by atoms with E-state index in [2.05, 4.69) is 6.58 Å². The van der Waals surface area contributed by atoms with Gasteiger partial charge in [-0.3, -0.25) is 0 Å². The molecule has 4 nitrogen and oxygen atoms in total. The lowest BCUT2D eigenvalue weighted by molar-refractivity contribution is -0.110. The molecule has 1 aliphatic rings. The minimum Gasteiger partial charge on any atom is -0.301 e. The van der Waals surface area contributed by atoms with Crippen LogP contribution in [-0.2, 0) is 14.8 Å². The van der Waals surface area contributed by atoms with Gasteiger partial charge in [0.2, 0.25) is 10.0 Å². The van der Waals surface area contributed by atoms with E-state index < -0.39 is 15.6 Å². The summed E-state index contributed by atoms with van der Waals surface area (Å²) in [4.78, 5) is 11.8. The molecule has 0 spiro atoms. The van der Waals surface area contributed by atoms with Crippen LogP contribution in [0.2, 0.25) is 0 Å². The van der Waals surface area contributed by atoms with Gasteiger partial charge >= 0.3 is 0 Å². The number of hydrogen-bond donors (Lipinski definition) is 0. The first kappa shape index (κ1) is 18.9. The van der Waals surface area contributed by atoms with Gasteiger partial charge in [-0.2, -0.15) is 4.31 Å². The van der Waals surface area contributed by atoms with E-state index in [4.69, 9.17) is 0 Å². The molecule has 132 valence electrons. The zero-order valence-electron chi connectivity index (χ0n) is 14.4. The molecule has 1 unspecified atom stereocenters. The van der Waals surface area contributed by atoms with Crippen LogP contribution in [0.1, 0.15) is 50.5 Å².